The van der Waals surface area contributed by atoms with Crippen molar-refractivity contribution < 1.29 is 14.5 Å². The van der Waals surface area contributed by atoms with Crippen LogP contribution in [-0.4, -0.2) is 49.4 Å². The van der Waals surface area contributed by atoms with E-state index in [4.69, 9.17) is 0 Å². The lowest BCUT2D eigenvalue weighted by atomic mass is 9.88. The van der Waals surface area contributed by atoms with E-state index in [0.717, 1.165) is 62.6 Å². The zero-order valence-electron chi connectivity index (χ0n) is 16.5. The van der Waals surface area contributed by atoms with Gasteiger partial charge in [0.1, 0.15) is 5.00 Å². The van der Waals surface area contributed by atoms with Crippen LogP contribution in [0.2, 0.25) is 0 Å². The van der Waals surface area contributed by atoms with Gasteiger partial charge in [-0.2, -0.15) is 0 Å². The summed E-state index contributed by atoms with van der Waals surface area (Å²) >= 11 is 3.03. The second-order valence-electron chi connectivity index (χ2n) is 7.88. The summed E-state index contributed by atoms with van der Waals surface area (Å²) in [5.74, 6) is 0.617. The maximum atomic E-state index is 13.5. The Hall–Kier alpha value is -1.70. The molecule has 0 radical (unpaired) electrons. The molecule has 1 saturated heterocycles. The van der Waals surface area contributed by atoms with Crippen molar-refractivity contribution in [3.05, 3.63) is 38.4 Å². The lowest BCUT2D eigenvalue weighted by Gasteiger charge is -2.32. The number of likely N-dealkylation sites (N-methyl/N-ethyl adjacent to an activating group) is 1. The normalized spacial score (nSPS) is 20.1. The van der Waals surface area contributed by atoms with Gasteiger partial charge in [-0.15, -0.1) is 22.7 Å². The molecule has 2 aliphatic rings. The number of carbonyl (C=O) groups is 2. The van der Waals surface area contributed by atoms with Gasteiger partial charge in [-0.3, -0.25) is 9.59 Å². The number of quaternary nitrogens is 1. The third-order valence-corrected chi connectivity index (χ3v) is 7.99. The summed E-state index contributed by atoms with van der Waals surface area (Å²) in [6, 6.07) is 3.70. The van der Waals surface area contributed by atoms with Gasteiger partial charge < -0.3 is 15.1 Å². The lowest BCUT2D eigenvalue weighted by molar-refractivity contribution is -0.902. The third kappa shape index (κ3) is 3.88. The molecule has 1 aliphatic carbocycles. The molecule has 150 valence electrons. The van der Waals surface area contributed by atoms with Crippen LogP contribution in [0.5, 0.6) is 0 Å². The number of fused-ring (bicyclic) bond motifs is 1. The fourth-order valence-electron chi connectivity index (χ4n) is 4.18. The zero-order chi connectivity index (χ0) is 19.7. The molecule has 7 heteroatoms. The Bertz CT molecular complexity index is 851. The van der Waals surface area contributed by atoms with Gasteiger partial charge in [-0.05, 0) is 49.1 Å². The molecule has 3 heterocycles. The molecule has 0 bridgehead atoms. The smallest absolute Gasteiger partial charge is 0.266 e. The summed E-state index contributed by atoms with van der Waals surface area (Å²) < 4.78 is 0. The van der Waals surface area contributed by atoms with Crippen molar-refractivity contribution in [2.24, 2.45) is 5.92 Å². The van der Waals surface area contributed by atoms with Crippen molar-refractivity contribution in [1.29, 1.82) is 0 Å². The minimum Gasteiger partial charge on any atom is -0.332 e. The van der Waals surface area contributed by atoms with Gasteiger partial charge in [0.15, 0.2) is 0 Å². The summed E-state index contributed by atoms with van der Waals surface area (Å²) in [6.07, 6.45) is 3.04. The molecule has 0 saturated carbocycles. The average Bonchev–Trinajstić information content (AvgIpc) is 3.35. The molecule has 2 N–H and O–H groups in total. The molecule has 1 atom stereocenters. The summed E-state index contributed by atoms with van der Waals surface area (Å²) in [6.45, 7) is 9.16. The van der Waals surface area contributed by atoms with Gasteiger partial charge in [0.05, 0.1) is 43.2 Å². The number of anilines is 1. The number of hydrogen-bond acceptors (Lipinski definition) is 4. The largest absolute Gasteiger partial charge is 0.332 e. The van der Waals surface area contributed by atoms with E-state index in [1.165, 1.54) is 21.8 Å². The van der Waals surface area contributed by atoms with Crippen LogP contribution < -0.4 is 10.2 Å². The third-order valence-electron chi connectivity index (χ3n) is 5.96. The SMILES string of the molecule is CC[NH+]1CCN(C(=O)c2c(NC(=O)c3cccs3)sc3c2CC[C@@H](C)C3)CC1. The molecule has 2 amide bonds. The molecule has 4 rings (SSSR count). The van der Waals surface area contributed by atoms with Gasteiger partial charge in [-0.1, -0.05) is 13.0 Å². The molecular formula is C21H28N3O2S2+. The molecule has 0 aromatic carbocycles. The van der Waals surface area contributed by atoms with Crippen molar-refractivity contribution in [3.63, 3.8) is 0 Å². The highest BCUT2D eigenvalue weighted by Gasteiger charge is 2.32. The Balaban J connectivity index is 1.62. The number of nitrogens with one attached hydrogen (secondary N) is 2. The Morgan fingerprint density at radius 2 is 2.11 bits per heavy atom. The highest BCUT2D eigenvalue weighted by Crippen LogP contribution is 2.40. The second kappa shape index (κ2) is 8.35. The maximum absolute atomic E-state index is 13.5. The van der Waals surface area contributed by atoms with E-state index in [-0.39, 0.29) is 11.8 Å². The van der Waals surface area contributed by atoms with Gasteiger partial charge in [0.25, 0.3) is 11.8 Å². The van der Waals surface area contributed by atoms with Crippen LogP contribution in [0.3, 0.4) is 0 Å². The number of amides is 2. The molecule has 2 aromatic heterocycles. The first-order chi connectivity index (χ1) is 13.6. The molecule has 0 spiro atoms. The predicted octanol–water partition coefficient (Wildman–Crippen LogP) is 2.55. The Morgan fingerprint density at radius 1 is 1.32 bits per heavy atom. The number of piperazine rings is 1. The van der Waals surface area contributed by atoms with Crippen molar-refractivity contribution >= 4 is 39.5 Å². The predicted molar refractivity (Wildman–Crippen MR) is 115 cm³/mol. The van der Waals surface area contributed by atoms with Crippen molar-refractivity contribution in [3.8, 4) is 0 Å². The van der Waals surface area contributed by atoms with E-state index < -0.39 is 0 Å². The monoisotopic (exact) mass is 418 g/mol. The van der Waals surface area contributed by atoms with Crippen molar-refractivity contribution in [2.75, 3.05) is 38.0 Å². The number of rotatable bonds is 4. The van der Waals surface area contributed by atoms with E-state index >= 15 is 0 Å². The van der Waals surface area contributed by atoms with Crippen molar-refractivity contribution in [1.82, 2.24) is 4.90 Å². The quantitative estimate of drug-likeness (QED) is 0.802. The molecule has 1 fully saturated rings. The molecule has 2 aromatic rings. The Morgan fingerprint density at radius 3 is 2.79 bits per heavy atom. The van der Waals surface area contributed by atoms with Crippen LogP contribution in [0.1, 0.15) is 50.7 Å². The first kappa shape index (κ1) is 19.6. The van der Waals surface area contributed by atoms with Crippen molar-refractivity contribution in [2.45, 2.75) is 33.1 Å². The molecule has 28 heavy (non-hydrogen) atoms. The topological polar surface area (TPSA) is 53.9 Å². The lowest BCUT2D eigenvalue weighted by Crippen LogP contribution is -3.14. The number of carbonyl (C=O) groups excluding carboxylic acids is 2. The fourth-order valence-corrected chi connectivity index (χ4v) is 6.19. The fraction of sp³-hybridized carbons (Fsp3) is 0.524. The van der Waals surface area contributed by atoms with Crippen LogP contribution in [-0.2, 0) is 12.8 Å². The number of hydrogen-bond donors (Lipinski definition) is 2. The molecule has 5 nitrogen and oxygen atoms in total. The van der Waals surface area contributed by atoms with Crippen LogP contribution >= 0.6 is 22.7 Å². The maximum Gasteiger partial charge on any atom is 0.266 e. The summed E-state index contributed by atoms with van der Waals surface area (Å²) in [5, 5.41) is 5.71. The minimum absolute atomic E-state index is 0.101. The second-order valence-corrected chi connectivity index (χ2v) is 9.94. The van der Waals surface area contributed by atoms with Crippen LogP contribution in [0.15, 0.2) is 17.5 Å². The minimum atomic E-state index is -0.115. The molecule has 0 unspecified atom stereocenters. The number of thiophene rings is 2. The Kier molecular flexibility index (Phi) is 5.85. The van der Waals surface area contributed by atoms with E-state index in [0.29, 0.717) is 10.8 Å². The van der Waals surface area contributed by atoms with E-state index in [1.54, 1.807) is 16.2 Å². The summed E-state index contributed by atoms with van der Waals surface area (Å²) in [4.78, 5) is 31.6. The highest BCUT2D eigenvalue weighted by molar-refractivity contribution is 7.17. The van der Waals surface area contributed by atoms with Crippen LogP contribution in [0.25, 0.3) is 0 Å². The highest BCUT2D eigenvalue weighted by atomic mass is 32.1. The molecule has 1 aliphatic heterocycles. The molecular weight excluding hydrogens is 390 g/mol. The van der Waals surface area contributed by atoms with E-state index in [9.17, 15) is 9.59 Å². The van der Waals surface area contributed by atoms with Gasteiger partial charge >= 0.3 is 0 Å². The summed E-state index contributed by atoms with van der Waals surface area (Å²) in [5.41, 5.74) is 1.94. The van der Waals surface area contributed by atoms with Crippen LogP contribution in [0.4, 0.5) is 5.00 Å². The van der Waals surface area contributed by atoms with Gasteiger partial charge in [-0.25, -0.2) is 0 Å². The van der Waals surface area contributed by atoms with Gasteiger partial charge in [0.2, 0.25) is 0 Å². The first-order valence-electron chi connectivity index (χ1n) is 10.2. The average molecular weight is 419 g/mol. The zero-order valence-corrected chi connectivity index (χ0v) is 18.2. The summed E-state index contributed by atoms with van der Waals surface area (Å²) in [7, 11) is 0. The van der Waals surface area contributed by atoms with Crippen LogP contribution in [0, 0.1) is 5.92 Å². The number of nitrogens with zero attached hydrogens (tertiary/aromatic N) is 1. The first-order valence-corrected chi connectivity index (χ1v) is 11.9. The Labute approximate surface area is 174 Å². The van der Waals surface area contributed by atoms with E-state index in [1.807, 2.05) is 22.4 Å². The standard InChI is InChI=1S/C21H27N3O2S2/c1-3-23-8-10-24(11-9-23)21(26)18-15-7-6-14(2)13-17(15)28-20(18)22-19(25)16-5-4-12-27-16/h4-5,12,14H,3,6-11,13H2,1-2H3,(H,22,25)/p+1/t14-/m1/s1. The van der Waals surface area contributed by atoms with Gasteiger partial charge in [0, 0.05) is 4.88 Å². The van der Waals surface area contributed by atoms with E-state index in [2.05, 4.69) is 19.2 Å².